The zero-order valence-corrected chi connectivity index (χ0v) is 13.2. The number of nitrogens with one attached hydrogen (secondary N) is 1. The summed E-state index contributed by atoms with van der Waals surface area (Å²) in [6, 6.07) is 14.7. The summed E-state index contributed by atoms with van der Waals surface area (Å²) in [7, 11) is 0. The molecule has 0 aliphatic carbocycles. The zero-order valence-electron chi connectivity index (χ0n) is 12.4. The Morgan fingerprint density at radius 3 is 2.68 bits per heavy atom. The van der Waals surface area contributed by atoms with Crippen molar-refractivity contribution in [2.45, 2.75) is 20.0 Å². The maximum absolute atomic E-state index is 11.9. The van der Waals surface area contributed by atoms with E-state index >= 15 is 0 Å². The molecule has 2 aromatic carbocycles. The van der Waals surface area contributed by atoms with E-state index in [2.05, 4.69) is 10.5 Å². The monoisotopic (exact) mass is 316 g/mol. The molecule has 0 unspecified atom stereocenters. The Morgan fingerprint density at radius 2 is 2.00 bits per heavy atom. The number of hydrazone groups is 1. The van der Waals surface area contributed by atoms with Gasteiger partial charge >= 0.3 is 0 Å². The van der Waals surface area contributed by atoms with Gasteiger partial charge in [-0.1, -0.05) is 35.9 Å². The SMILES string of the molecule is Cc1cccc(O[C@@H](C)C(=O)N/N=C/c2ccc(Cl)cc2)c1. The van der Waals surface area contributed by atoms with E-state index in [1.54, 1.807) is 25.3 Å². The van der Waals surface area contributed by atoms with Gasteiger partial charge in [-0.3, -0.25) is 4.79 Å². The van der Waals surface area contributed by atoms with E-state index in [1.807, 2.05) is 43.3 Å². The summed E-state index contributed by atoms with van der Waals surface area (Å²) >= 11 is 5.80. The van der Waals surface area contributed by atoms with Gasteiger partial charge in [-0.2, -0.15) is 5.10 Å². The lowest BCUT2D eigenvalue weighted by molar-refractivity contribution is -0.127. The molecule has 5 heteroatoms. The Bertz CT molecular complexity index is 669. The largest absolute Gasteiger partial charge is 0.481 e. The highest BCUT2D eigenvalue weighted by atomic mass is 35.5. The molecule has 1 atom stereocenters. The normalized spacial score (nSPS) is 12.1. The number of amides is 1. The number of aryl methyl sites for hydroxylation is 1. The smallest absolute Gasteiger partial charge is 0.280 e. The first kappa shape index (κ1) is 16.0. The highest BCUT2D eigenvalue weighted by molar-refractivity contribution is 6.30. The number of benzene rings is 2. The maximum Gasteiger partial charge on any atom is 0.280 e. The third-order valence-corrected chi connectivity index (χ3v) is 3.18. The minimum atomic E-state index is -0.635. The van der Waals surface area contributed by atoms with E-state index in [0.29, 0.717) is 10.8 Å². The summed E-state index contributed by atoms with van der Waals surface area (Å²) in [5.41, 5.74) is 4.37. The Morgan fingerprint density at radius 1 is 1.27 bits per heavy atom. The number of hydrogen-bond donors (Lipinski definition) is 1. The molecule has 0 bridgehead atoms. The van der Waals surface area contributed by atoms with Gasteiger partial charge in [0, 0.05) is 5.02 Å². The molecule has 1 N–H and O–H groups in total. The number of ether oxygens (including phenoxy) is 1. The van der Waals surface area contributed by atoms with Gasteiger partial charge in [-0.15, -0.1) is 0 Å². The molecule has 0 saturated heterocycles. The van der Waals surface area contributed by atoms with Crippen LogP contribution in [0.1, 0.15) is 18.1 Å². The first-order valence-electron chi connectivity index (χ1n) is 6.86. The Balaban J connectivity index is 1.87. The first-order chi connectivity index (χ1) is 10.5. The van der Waals surface area contributed by atoms with Crippen LogP contribution >= 0.6 is 11.6 Å². The molecular weight excluding hydrogens is 300 g/mol. The predicted octanol–water partition coefficient (Wildman–Crippen LogP) is 3.57. The summed E-state index contributed by atoms with van der Waals surface area (Å²) in [6.07, 6.45) is 0.914. The summed E-state index contributed by atoms with van der Waals surface area (Å²) in [4.78, 5) is 11.9. The average Bonchev–Trinajstić information content (AvgIpc) is 2.49. The number of rotatable bonds is 5. The Kier molecular flexibility index (Phi) is 5.55. The van der Waals surface area contributed by atoms with Crippen molar-refractivity contribution in [2.75, 3.05) is 0 Å². The lowest BCUT2D eigenvalue weighted by Crippen LogP contribution is -2.33. The second kappa shape index (κ2) is 7.61. The van der Waals surface area contributed by atoms with Crippen LogP contribution in [0.5, 0.6) is 5.75 Å². The predicted molar refractivity (Wildman–Crippen MR) is 88.5 cm³/mol. The van der Waals surface area contributed by atoms with Crippen LogP contribution in [0.25, 0.3) is 0 Å². The molecule has 114 valence electrons. The van der Waals surface area contributed by atoms with Gasteiger partial charge in [0.05, 0.1) is 6.21 Å². The molecule has 0 fully saturated rings. The molecule has 0 heterocycles. The topological polar surface area (TPSA) is 50.7 Å². The summed E-state index contributed by atoms with van der Waals surface area (Å²) < 4.78 is 5.57. The van der Waals surface area contributed by atoms with E-state index in [4.69, 9.17) is 16.3 Å². The number of carbonyl (C=O) groups is 1. The number of carbonyl (C=O) groups excluding carboxylic acids is 1. The van der Waals surface area contributed by atoms with Crippen molar-refractivity contribution < 1.29 is 9.53 Å². The number of halogens is 1. The number of hydrogen-bond acceptors (Lipinski definition) is 3. The lowest BCUT2D eigenvalue weighted by atomic mass is 10.2. The van der Waals surface area contributed by atoms with Crippen molar-refractivity contribution in [3.8, 4) is 5.75 Å². The molecular formula is C17H17ClN2O2. The van der Waals surface area contributed by atoms with Gasteiger partial charge < -0.3 is 4.74 Å². The fourth-order valence-corrected chi connectivity index (χ4v) is 1.88. The Hall–Kier alpha value is -2.33. The molecule has 1 amide bonds. The van der Waals surface area contributed by atoms with Crippen LogP contribution in [-0.2, 0) is 4.79 Å². The third kappa shape index (κ3) is 4.90. The molecule has 0 aliphatic heterocycles. The lowest BCUT2D eigenvalue weighted by Gasteiger charge is -2.13. The van der Waals surface area contributed by atoms with Crippen molar-refractivity contribution in [1.82, 2.24) is 5.43 Å². The summed E-state index contributed by atoms with van der Waals surface area (Å²) in [5.74, 6) is 0.344. The van der Waals surface area contributed by atoms with Crippen LogP contribution in [0.2, 0.25) is 5.02 Å². The average molecular weight is 317 g/mol. The van der Waals surface area contributed by atoms with Crippen molar-refractivity contribution in [3.05, 3.63) is 64.7 Å². The van der Waals surface area contributed by atoms with Crippen LogP contribution in [-0.4, -0.2) is 18.2 Å². The van der Waals surface area contributed by atoms with Crippen molar-refractivity contribution >= 4 is 23.7 Å². The van der Waals surface area contributed by atoms with Crippen LogP contribution < -0.4 is 10.2 Å². The molecule has 0 spiro atoms. The fourth-order valence-electron chi connectivity index (χ4n) is 1.76. The van der Waals surface area contributed by atoms with Gasteiger partial charge in [0.25, 0.3) is 5.91 Å². The van der Waals surface area contributed by atoms with E-state index in [1.165, 1.54) is 0 Å². The molecule has 0 radical (unpaired) electrons. The van der Waals surface area contributed by atoms with Crippen molar-refractivity contribution in [1.29, 1.82) is 0 Å². The van der Waals surface area contributed by atoms with Gasteiger partial charge in [-0.25, -0.2) is 5.43 Å². The highest BCUT2D eigenvalue weighted by Crippen LogP contribution is 2.14. The summed E-state index contributed by atoms with van der Waals surface area (Å²) in [6.45, 7) is 3.64. The van der Waals surface area contributed by atoms with E-state index in [9.17, 15) is 4.79 Å². The second-order valence-electron chi connectivity index (χ2n) is 4.86. The van der Waals surface area contributed by atoms with Crippen LogP contribution in [0.15, 0.2) is 53.6 Å². The van der Waals surface area contributed by atoms with Gasteiger partial charge in [0.2, 0.25) is 0 Å². The quantitative estimate of drug-likeness (QED) is 0.677. The maximum atomic E-state index is 11.9. The van der Waals surface area contributed by atoms with Gasteiger partial charge in [-0.05, 0) is 49.2 Å². The van der Waals surface area contributed by atoms with Crippen LogP contribution in [0.3, 0.4) is 0 Å². The van der Waals surface area contributed by atoms with Gasteiger partial charge in [0.1, 0.15) is 5.75 Å². The zero-order chi connectivity index (χ0) is 15.9. The molecule has 0 saturated carbocycles. The first-order valence-corrected chi connectivity index (χ1v) is 7.24. The molecule has 0 aliphatic rings. The number of nitrogens with zero attached hydrogens (tertiary/aromatic N) is 1. The second-order valence-corrected chi connectivity index (χ2v) is 5.30. The minimum Gasteiger partial charge on any atom is -0.481 e. The van der Waals surface area contributed by atoms with Crippen LogP contribution in [0, 0.1) is 6.92 Å². The highest BCUT2D eigenvalue weighted by Gasteiger charge is 2.13. The molecule has 2 aromatic rings. The minimum absolute atomic E-state index is 0.313. The van der Waals surface area contributed by atoms with Gasteiger partial charge in [0.15, 0.2) is 6.10 Å². The van der Waals surface area contributed by atoms with E-state index < -0.39 is 6.10 Å². The molecule has 22 heavy (non-hydrogen) atoms. The standard InChI is InChI=1S/C17H17ClN2O2/c1-12-4-3-5-16(10-12)22-13(2)17(21)20-19-11-14-6-8-15(18)9-7-14/h3-11,13H,1-2H3,(H,20,21)/b19-11+/t13-/m0/s1. The van der Waals surface area contributed by atoms with Crippen molar-refractivity contribution in [2.24, 2.45) is 5.10 Å². The van der Waals surface area contributed by atoms with Crippen molar-refractivity contribution in [3.63, 3.8) is 0 Å². The summed E-state index contributed by atoms with van der Waals surface area (Å²) in [5, 5.41) is 4.56. The van der Waals surface area contributed by atoms with E-state index in [-0.39, 0.29) is 5.91 Å². The van der Waals surface area contributed by atoms with Crippen LogP contribution in [0.4, 0.5) is 0 Å². The molecule has 2 rings (SSSR count). The van der Waals surface area contributed by atoms with E-state index in [0.717, 1.165) is 11.1 Å². The third-order valence-electron chi connectivity index (χ3n) is 2.93. The Labute approximate surface area is 134 Å². The fraction of sp³-hybridized carbons (Fsp3) is 0.176. The molecule has 0 aromatic heterocycles. The molecule has 4 nitrogen and oxygen atoms in total.